The molecule has 0 spiro atoms. The maximum atomic E-state index is 10.7. The van der Waals surface area contributed by atoms with E-state index in [0.29, 0.717) is 24.7 Å². The maximum Gasteiger partial charge on any atom is 0.227 e. The number of ether oxygens (including phenoxy) is 2. The summed E-state index contributed by atoms with van der Waals surface area (Å²) in [6.45, 7) is 5.03. The Bertz CT molecular complexity index is 440. The molecule has 0 aliphatic heterocycles. The van der Waals surface area contributed by atoms with Crippen molar-refractivity contribution in [2.75, 3.05) is 19.0 Å². The second kappa shape index (κ2) is 8.32. The Morgan fingerprint density at radius 2 is 1.84 bits per heavy atom. The van der Waals surface area contributed by atoms with Gasteiger partial charge in [0.2, 0.25) is 5.91 Å². The lowest BCUT2D eigenvalue weighted by Crippen LogP contribution is -2.13. The zero-order chi connectivity index (χ0) is 14.3. The van der Waals surface area contributed by atoms with Crippen LogP contribution in [0.5, 0.6) is 11.5 Å². The van der Waals surface area contributed by atoms with Gasteiger partial charge in [0.05, 0.1) is 19.0 Å². The van der Waals surface area contributed by atoms with Crippen molar-refractivity contribution >= 4 is 33.6 Å². The molecule has 0 radical (unpaired) electrons. The molecule has 0 atom stereocenters. The molecule has 106 valence electrons. The van der Waals surface area contributed by atoms with E-state index in [0.717, 1.165) is 21.5 Å². The van der Waals surface area contributed by atoms with Gasteiger partial charge in [0.25, 0.3) is 0 Å². The number of carbonyl (C=O) groups is 1. The van der Waals surface area contributed by atoms with Gasteiger partial charge in [0, 0.05) is 10.2 Å². The molecule has 1 amide bonds. The molecule has 6 heteroatoms. The van der Waals surface area contributed by atoms with Crippen molar-refractivity contribution < 1.29 is 14.3 Å². The van der Waals surface area contributed by atoms with Crippen LogP contribution in [0.1, 0.15) is 19.4 Å². The van der Waals surface area contributed by atoms with E-state index < -0.39 is 0 Å². The average Bonchev–Trinajstić information content (AvgIpc) is 2.34. The number of rotatable bonds is 8. The number of benzene rings is 1. The van der Waals surface area contributed by atoms with Crippen LogP contribution in [0.25, 0.3) is 0 Å². The predicted molar refractivity (Wildman–Crippen MR) is 81.8 cm³/mol. The molecule has 0 aliphatic rings. The van der Waals surface area contributed by atoms with E-state index in [1.807, 2.05) is 26.0 Å². The molecule has 1 rings (SSSR count). The van der Waals surface area contributed by atoms with Gasteiger partial charge < -0.3 is 15.2 Å². The molecular formula is C13H18BrNO3S. The van der Waals surface area contributed by atoms with E-state index in [-0.39, 0.29) is 5.91 Å². The summed E-state index contributed by atoms with van der Waals surface area (Å²) < 4.78 is 12.0. The van der Waals surface area contributed by atoms with E-state index >= 15 is 0 Å². The van der Waals surface area contributed by atoms with Crippen LogP contribution in [0.4, 0.5) is 0 Å². The van der Waals surface area contributed by atoms with E-state index in [4.69, 9.17) is 15.2 Å². The number of hydrogen-bond donors (Lipinski definition) is 1. The van der Waals surface area contributed by atoms with Gasteiger partial charge in [-0.1, -0.05) is 15.9 Å². The fraction of sp³-hybridized carbons (Fsp3) is 0.462. The number of halogens is 1. The van der Waals surface area contributed by atoms with Crippen molar-refractivity contribution in [1.82, 2.24) is 0 Å². The summed E-state index contributed by atoms with van der Waals surface area (Å²) in [6.07, 6.45) is 0. The summed E-state index contributed by atoms with van der Waals surface area (Å²) in [5, 5.41) is 0. The molecule has 1 aromatic rings. The SMILES string of the molecule is CCOc1cc(Br)c(CSCC(N)=O)cc1OCC. The average molecular weight is 348 g/mol. The Morgan fingerprint density at radius 3 is 2.37 bits per heavy atom. The second-order valence-corrected chi connectivity index (χ2v) is 5.56. The molecular weight excluding hydrogens is 330 g/mol. The molecule has 0 aromatic heterocycles. The highest BCUT2D eigenvalue weighted by molar-refractivity contribution is 9.10. The van der Waals surface area contributed by atoms with Gasteiger partial charge in [0.1, 0.15) is 0 Å². The molecule has 19 heavy (non-hydrogen) atoms. The van der Waals surface area contributed by atoms with Crippen molar-refractivity contribution in [1.29, 1.82) is 0 Å². The number of amides is 1. The predicted octanol–water partition coefficient (Wildman–Crippen LogP) is 2.97. The standard InChI is InChI=1S/C13H18BrNO3S/c1-3-17-11-5-9(7-19-8-13(15)16)10(14)6-12(11)18-4-2/h5-6H,3-4,7-8H2,1-2H3,(H2,15,16). The summed E-state index contributed by atoms with van der Waals surface area (Å²) in [5.41, 5.74) is 6.17. The number of primary amides is 1. The van der Waals surface area contributed by atoms with Crippen LogP contribution in [-0.4, -0.2) is 24.9 Å². The molecule has 0 aliphatic carbocycles. The van der Waals surface area contributed by atoms with E-state index in [1.54, 1.807) is 0 Å². The topological polar surface area (TPSA) is 61.5 Å². The summed E-state index contributed by atoms with van der Waals surface area (Å²) in [7, 11) is 0. The van der Waals surface area contributed by atoms with Crippen molar-refractivity contribution in [2.45, 2.75) is 19.6 Å². The van der Waals surface area contributed by atoms with E-state index in [1.165, 1.54) is 11.8 Å². The minimum atomic E-state index is -0.308. The number of thioether (sulfide) groups is 1. The Morgan fingerprint density at radius 1 is 1.26 bits per heavy atom. The van der Waals surface area contributed by atoms with Crippen molar-refractivity contribution in [3.05, 3.63) is 22.2 Å². The summed E-state index contributed by atoms with van der Waals surface area (Å²) in [4.78, 5) is 10.7. The molecule has 1 aromatic carbocycles. The third-order valence-corrected chi connectivity index (χ3v) is 3.96. The molecule has 0 fully saturated rings. The highest BCUT2D eigenvalue weighted by Crippen LogP contribution is 2.35. The first-order chi connectivity index (χ1) is 9.08. The molecule has 2 N–H and O–H groups in total. The van der Waals surface area contributed by atoms with Crippen LogP contribution in [-0.2, 0) is 10.5 Å². The second-order valence-electron chi connectivity index (χ2n) is 3.72. The van der Waals surface area contributed by atoms with Crippen molar-refractivity contribution in [3.63, 3.8) is 0 Å². The fourth-order valence-electron chi connectivity index (χ4n) is 1.49. The molecule has 0 heterocycles. The Balaban J connectivity index is 2.86. The van der Waals surface area contributed by atoms with Gasteiger partial charge in [-0.2, -0.15) is 0 Å². The van der Waals surface area contributed by atoms with E-state index in [9.17, 15) is 4.79 Å². The van der Waals surface area contributed by atoms with Crippen molar-refractivity contribution in [2.24, 2.45) is 5.73 Å². The fourth-order valence-corrected chi connectivity index (χ4v) is 2.90. The van der Waals surface area contributed by atoms with Crippen LogP contribution >= 0.6 is 27.7 Å². The minimum Gasteiger partial charge on any atom is -0.490 e. The zero-order valence-electron chi connectivity index (χ0n) is 11.1. The highest BCUT2D eigenvalue weighted by atomic mass is 79.9. The third kappa shape index (κ3) is 5.32. The van der Waals surface area contributed by atoms with Crippen LogP contribution in [0.15, 0.2) is 16.6 Å². The largest absolute Gasteiger partial charge is 0.490 e. The lowest BCUT2D eigenvalue weighted by atomic mass is 10.2. The zero-order valence-corrected chi connectivity index (χ0v) is 13.5. The maximum absolute atomic E-state index is 10.7. The number of carbonyl (C=O) groups excluding carboxylic acids is 1. The molecule has 0 bridgehead atoms. The van der Waals surface area contributed by atoms with Crippen LogP contribution in [0.3, 0.4) is 0 Å². The monoisotopic (exact) mass is 347 g/mol. The van der Waals surface area contributed by atoms with Crippen LogP contribution < -0.4 is 15.2 Å². The Hall–Kier alpha value is -0.880. The van der Waals surface area contributed by atoms with Gasteiger partial charge >= 0.3 is 0 Å². The Labute approximate surface area is 126 Å². The first kappa shape index (κ1) is 16.2. The van der Waals surface area contributed by atoms with Gasteiger partial charge in [-0.3, -0.25) is 4.79 Å². The third-order valence-electron chi connectivity index (χ3n) is 2.21. The van der Waals surface area contributed by atoms with Gasteiger partial charge in [-0.15, -0.1) is 11.8 Å². The first-order valence-corrected chi connectivity index (χ1v) is 7.97. The van der Waals surface area contributed by atoms with Gasteiger partial charge in [-0.25, -0.2) is 0 Å². The number of hydrogen-bond acceptors (Lipinski definition) is 4. The van der Waals surface area contributed by atoms with Crippen LogP contribution in [0, 0.1) is 0 Å². The first-order valence-electron chi connectivity index (χ1n) is 6.02. The van der Waals surface area contributed by atoms with E-state index in [2.05, 4.69) is 15.9 Å². The molecule has 0 saturated carbocycles. The number of nitrogens with two attached hydrogens (primary N) is 1. The molecule has 4 nitrogen and oxygen atoms in total. The summed E-state index contributed by atoms with van der Waals surface area (Å²) in [6, 6.07) is 3.83. The lowest BCUT2D eigenvalue weighted by Gasteiger charge is -2.14. The molecule has 0 unspecified atom stereocenters. The van der Waals surface area contributed by atoms with Crippen LogP contribution in [0.2, 0.25) is 0 Å². The molecule has 0 saturated heterocycles. The normalized spacial score (nSPS) is 10.3. The summed E-state index contributed by atoms with van der Waals surface area (Å²) >= 11 is 4.98. The summed E-state index contributed by atoms with van der Waals surface area (Å²) in [5.74, 6) is 2.14. The van der Waals surface area contributed by atoms with Crippen molar-refractivity contribution in [3.8, 4) is 11.5 Å². The smallest absolute Gasteiger partial charge is 0.227 e. The van der Waals surface area contributed by atoms with Gasteiger partial charge in [0.15, 0.2) is 11.5 Å². The van der Waals surface area contributed by atoms with Gasteiger partial charge in [-0.05, 0) is 31.5 Å². The Kier molecular flexibility index (Phi) is 7.09. The highest BCUT2D eigenvalue weighted by Gasteiger charge is 2.11. The quantitative estimate of drug-likeness (QED) is 0.785. The lowest BCUT2D eigenvalue weighted by molar-refractivity contribution is -0.115. The minimum absolute atomic E-state index is 0.308.